The minimum Gasteiger partial charge on any atom is -0.376 e. The zero-order chi connectivity index (χ0) is 10.5. The summed E-state index contributed by atoms with van der Waals surface area (Å²) in [4.78, 5) is 7.92. The van der Waals surface area contributed by atoms with Gasteiger partial charge >= 0.3 is 0 Å². The summed E-state index contributed by atoms with van der Waals surface area (Å²) in [6.07, 6.45) is 5.07. The number of aromatic nitrogens is 2. The van der Waals surface area contributed by atoms with Crippen molar-refractivity contribution in [3.63, 3.8) is 0 Å². The average Bonchev–Trinajstić information content (AvgIpc) is 2.31. The van der Waals surface area contributed by atoms with E-state index in [1.54, 1.807) is 12.4 Å². The Bertz CT molecular complexity index is 400. The summed E-state index contributed by atoms with van der Waals surface area (Å²) >= 11 is 0. The monoisotopic (exact) mass is 199 g/mol. The first kappa shape index (κ1) is 9.65. The highest BCUT2D eigenvalue weighted by Gasteiger charge is 2.03. The highest BCUT2D eigenvalue weighted by atomic mass is 15.0. The molecule has 0 aliphatic heterocycles. The molecule has 2 aromatic rings. The largest absolute Gasteiger partial charge is 0.376 e. The third kappa shape index (κ3) is 2.53. The molecule has 3 heteroatoms. The summed E-state index contributed by atoms with van der Waals surface area (Å²) in [7, 11) is 0. The average molecular weight is 199 g/mol. The van der Waals surface area contributed by atoms with Gasteiger partial charge in [0.2, 0.25) is 0 Å². The summed E-state index contributed by atoms with van der Waals surface area (Å²) < 4.78 is 0. The smallest absolute Gasteiger partial charge is 0.115 e. The van der Waals surface area contributed by atoms with Gasteiger partial charge in [-0.2, -0.15) is 0 Å². The maximum absolute atomic E-state index is 3.96. The van der Waals surface area contributed by atoms with Crippen molar-refractivity contribution >= 4 is 5.69 Å². The van der Waals surface area contributed by atoms with Gasteiger partial charge in [0.1, 0.15) is 6.33 Å². The molecule has 0 bridgehead atoms. The lowest BCUT2D eigenvalue weighted by Gasteiger charge is -2.14. The fraction of sp³-hybridized carbons (Fsp3) is 0.167. The fourth-order valence-corrected chi connectivity index (χ4v) is 1.45. The first-order chi connectivity index (χ1) is 7.36. The number of anilines is 1. The molecule has 1 aromatic heterocycles. The van der Waals surface area contributed by atoms with E-state index in [0.717, 1.165) is 5.69 Å². The SMILES string of the molecule is CC(Nc1cncnc1)c1ccccc1. The zero-order valence-corrected chi connectivity index (χ0v) is 8.59. The van der Waals surface area contributed by atoms with Crippen LogP contribution in [0.5, 0.6) is 0 Å². The van der Waals surface area contributed by atoms with E-state index in [4.69, 9.17) is 0 Å². The lowest BCUT2D eigenvalue weighted by molar-refractivity contribution is 0.880. The van der Waals surface area contributed by atoms with Crippen LogP contribution in [0.1, 0.15) is 18.5 Å². The van der Waals surface area contributed by atoms with E-state index in [0.29, 0.717) is 0 Å². The van der Waals surface area contributed by atoms with Gasteiger partial charge in [0, 0.05) is 6.04 Å². The molecule has 0 fully saturated rings. The Balaban J connectivity index is 2.08. The molecule has 2 rings (SSSR count). The molecule has 1 aromatic carbocycles. The Labute approximate surface area is 89.2 Å². The summed E-state index contributed by atoms with van der Waals surface area (Å²) in [5.41, 5.74) is 2.19. The number of nitrogens with one attached hydrogen (secondary N) is 1. The van der Waals surface area contributed by atoms with Crippen LogP contribution in [0, 0.1) is 0 Å². The molecule has 0 amide bonds. The van der Waals surface area contributed by atoms with E-state index in [-0.39, 0.29) is 6.04 Å². The molecule has 1 unspecified atom stereocenters. The Morgan fingerprint density at radius 2 is 1.73 bits per heavy atom. The van der Waals surface area contributed by atoms with Crippen LogP contribution in [0.2, 0.25) is 0 Å². The predicted octanol–water partition coefficient (Wildman–Crippen LogP) is 2.65. The molecule has 15 heavy (non-hydrogen) atoms. The third-order valence-corrected chi connectivity index (χ3v) is 2.24. The van der Waals surface area contributed by atoms with Crippen LogP contribution in [0.15, 0.2) is 49.1 Å². The van der Waals surface area contributed by atoms with Crippen molar-refractivity contribution in [1.29, 1.82) is 0 Å². The van der Waals surface area contributed by atoms with Gasteiger partial charge in [0.15, 0.2) is 0 Å². The second kappa shape index (κ2) is 4.55. The molecule has 3 nitrogen and oxygen atoms in total. The van der Waals surface area contributed by atoms with E-state index in [1.807, 2.05) is 18.2 Å². The van der Waals surface area contributed by atoms with E-state index in [9.17, 15) is 0 Å². The maximum atomic E-state index is 3.96. The van der Waals surface area contributed by atoms with E-state index in [1.165, 1.54) is 11.9 Å². The summed E-state index contributed by atoms with van der Waals surface area (Å²) in [6, 6.07) is 10.5. The first-order valence-corrected chi connectivity index (χ1v) is 4.93. The van der Waals surface area contributed by atoms with Gasteiger partial charge in [-0.15, -0.1) is 0 Å². The van der Waals surface area contributed by atoms with Gasteiger partial charge in [0.25, 0.3) is 0 Å². The van der Waals surface area contributed by atoms with Crippen molar-refractivity contribution in [3.8, 4) is 0 Å². The van der Waals surface area contributed by atoms with Crippen molar-refractivity contribution in [2.24, 2.45) is 0 Å². The lowest BCUT2D eigenvalue weighted by atomic mass is 10.1. The molecule has 0 aliphatic rings. The molecule has 0 radical (unpaired) electrons. The van der Waals surface area contributed by atoms with Crippen molar-refractivity contribution in [1.82, 2.24) is 9.97 Å². The van der Waals surface area contributed by atoms with Crippen molar-refractivity contribution < 1.29 is 0 Å². The molecule has 76 valence electrons. The Morgan fingerprint density at radius 3 is 2.40 bits per heavy atom. The topological polar surface area (TPSA) is 37.8 Å². The molecule has 0 spiro atoms. The van der Waals surface area contributed by atoms with Crippen LogP contribution in [0.4, 0.5) is 5.69 Å². The Morgan fingerprint density at radius 1 is 1.07 bits per heavy atom. The van der Waals surface area contributed by atoms with E-state index >= 15 is 0 Å². The molecule has 1 N–H and O–H groups in total. The summed E-state index contributed by atoms with van der Waals surface area (Å²) in [5, 5.41) is 3.33. The molecule has 1 heterocycles. The number of rotatable bonds is 3. The first-order valence-electron chi connectivity index (χ1n) is 4.93. The molecule has 0 saturated heterocycles. The van der Waals surface area contributed by atoms with Crippen LogP contribution in [0.25, 0.3) is 0 Å². The van der Waals surface area contributed by atoms with Gasteiger partial charge in [-0.25, -0.2) is 9.97 Å². The maximum Gasteiger partial charge on any atom is 0.115 e. The minimum atomic E-state index is 0.261. The van der Waals surface area contributed by atoms with Gasteiger partial charge < -0.3 is 5.32 Å². The van der Waals surface area contributed by atoms with E-state index in [2.05, 4.69) is 34.3 Å². The Kier molecular flexibility index (Phi) is 2.93. The molecular formula is C12H13N3. The number of nitrogens with zero attached hydrogens (tertiary/aromatic N) is 2. The van der Waals surface area contributed by atoms with Crippen molar-refractivity contribution in [3.05, 3.63) is 54.6 Å². The van der Waals surface area contributed by atoms with Crippen LogP contribution >= 0.6 is 0 Å². The molecule has 0 saturated carbocycles. The quantitative estimate of drug-likeness (QED) is 0.825. The van der Waals surface area contributed by atoms with Crippen molar-refractivity contribution in [2.75, 3.05) is 5.32 Å². The Hall–Kier alpha value is -1.90. The summed E-state index contributed by atoms with van der Waals surface area (Å²) in [5.74, 6) is 0. The second-order valence-electron chi connectivity index (χ2n) is 3.40. The normalized spacial score (nSPS) is 12.1. The van der Waals surface area contributed by atoms with Crippen LogP contribution in [-0.4, -0.2) is 9.97 Å². The van der Waals surface area contributed by atoms with Crippen LogP contribution in [-0.2, 0) is 0 Å². The molecular weight excluding hydrogens is 186 g/mol. The highest BCUT2D eigenvalue weighted by molar-refractivity contribution is 5.40. The van der Waals surface area contributed by atoms with Gasteiger partial charge in [-0.1, -0.05) is 30.3 Å². The number of benzene rings is 1. The van der Waals surface area contributed by atoms with Crippen LogP contribution in [0.3, 0.4) is 0 Å². The van der Waals surface area contributed by atoms with E-state index < -0.39 is 0 Å². The minimum absolute atomic E-state index is 0.261. The number of hydrogen-bond acceptors (Lipinski definition) is 3. The van der Waals surface area contributed by atoms with Gasteiger partial charge in [-0.05, 0) is 12.5 Å². The lowest BCUT2D eigenvalue weighted by Crippen LogP contribution is -2.06. The summed E-state index contributed by atoms with van der Waals surface area (Å²) in [6.45, 7) is 2.11. The molecule has 0 aliphatic carbocycles. The second-order valence-corrected chi connectivity index (χ2v) is 3.40. The van der Waals surface area contributed by atoms with Crippen LogP contribution < -0.4 is 5.32 Å². The fourth-order valence-electron chi connectivity index (χ4n) is 1.45. The molecule has 1 atom stereocenters. The third-order valence-electron chi connectivity index (χ3n) is 2.24. The van der Waals surface area contributed by atoms with Gasteiger partial charge in [-0.3, -0.25) is 0 Å². The zero-order valence-electron chi connectivity index (χ0n) is 8.59. The highest BCUT2D eigenvalue weighted by Crippen LogP contribution is 2.16. The van der Waals surface area contributed by atoms with Crippen molar-refractivity contribution in [2.45, 2.75) is 13.0 Å². The number of hydrogen-bond donors (Lipinski definition) is 1. The predicted molar refractivity (Wildman–Crippen MR) is 60.5 cm³/mol. The standard InChI is InChI=1S/C12H13N3/c1-10(11-5-3-2-4-6-11)15-12-7-13-9-14-8-12/h2-10,15H,1H3. The van der Waals surface area contributed by atoms with Gasteiger partial charge in [0.05, 0.1) is 18.1 Å².